The first kappa shape index (κ1) is 13.3. The van der Waals surface area contributed by atoms with Crippen LogP contribution in [-0.2, 0) is 13.1 Å². The molecule has 1 saturated heterocycles. The summed E-state index contributed by atoms with van der Waals surface area (Å²) in [4.78, 5) is 4.93. The van der Waals surface area contributed by atoms with Crippen molar-refractivity contribution in [1.29, 1.82) is 0 Å². The molecule has 0 atom stereocenters. The third kappa shape index (κ3) is 3.46. The van der Waals surface area contributed by atoms with Crippen molar-refractivity contribution in [3.05, 3.63) is 53.9 Å². The molecule has 4 heteroatoms. The lowest BCUT2D eigenvalue weighted by molar-refractivity contribution is 0.148. The normalized spacial score (nSPS) is 17.4. The minimum atomic E-state index is 0.851. The van der Waals surface area contributed by atoms with Gasteiger partial charge in [-0.2, -0.15) is 5.10 Å². The molecule has 0 unspecified atom stereocenters. The summed E-state index contributed by atoms with van der Waals surface area (Å²) in [6.45, 7) is 6.59. The largest absolute Gasteiger partial charge is 0.304 e. The summed E-state index contributed by atoms with van der Waals surface area (Å²) in [6, 6.07) is 10.8. The van der Waals surface area contributed by atoms with Crippen LogP contribution in [0, 0.1) is 0 Å². The van der Waals surface area contributed by atoms with Crippen LogP contribution in [0.25, 0.3) is 0 Å². The van der Waals surface area contributed by atoms with E-state index in [1.165, 1.54) is 37.3 Å². The average Bonchev–Trinajstić information content (AvgIpc) is 2.95. The van der Waals surface area contributed by atoms with Gasteiger partial charge >= 0.3 is 0 Å². The predicted molar refractivity (Wildman–Crippen MR) is 80.5 cm³/mol. The van der Waals surface area contributed by atoms with Gasteiger partial charge in [0.2, 0.25) is 0 Å². The van der Waals surface area contributed by atoms with E-state index in [2.05, 4.69) is 46.2 Å². The van der Waals surface area contributed by atoms with E-state index in [0.29, 0.717) is 0 Å². The Bertz CT molecular complexity index is 527. The lowest BCUT2D eigenvalue weighted by Gasteiger charge is -2.32. The van der Waals surface area contributed by atoms with Crippen molar-refractivity contribution >= 4 is 0 Å². The number of hydrogen-bond donors (Lipinski definition) is 0. The van der Waals surface area contributed by atoms with Gasteiger partial charge in [-0.25, -0.2) is 0 Å². The van der Waals surface area contributed by atoms with Gasteiger partial charge in [-0.1, -0.05) is 24.3 Å². The van der Waals surface area contributed by atoms with Crippen molar-refractivity contribution in [2.45, 2.75) is 13.1 Å². The third-order valence-electron chi connectivity index (χ3n) is 3.90. The van der Waals surface area contributed by atoms with E-state index in [0.717, 1.165) is 13.1 Å². The van der Waals surface area contributed by atoms with Crippen LogP contribution in [0.4, 0.5) is 0 Å². The Kier molecular flexibility index (Phi) is 4.14. The quantitative estimate of drug-likeness (QED) is 0.845. The van der Waals surface area contributed by atoms with Crippen LogP contribution >= 0.6 is 0 Å². The van der Waals surface area contributed by atoms with E-state index in [1.807, 2.05) is 23.1 Å². The van der Waals surface area contributed by atoms with Crippen LogP contribution in [0.3, 0.4) is 0 Å². The fourth-order valence-corrected chi connectivity index (χ4v) is 2.67. The molecule has 1 aromatic carbocycles. The van der Waals surface area contributed by atoms with Gasteiger partial charge in [0.05, 0.1) is 6.54 Å². The van der Waals surface area contributed by atoms with E-state index in [1.54, 1.807) is 0 Å². The lowest BCUT2D eigenvalue weighted by atomic mass is 10.1. The molecule has 2 aromatic rings. The van der Waals surface area contributed by atoms with Crippen LogP contribution in [-0.4, -0.2) is 52.8 Å². The highest BCUT2D eigenvalue weighted by Gasteiger charge is 2.13. The van der Waals surface area contributed by atoms with Gasteiger partial charge in [0.25, 0.3) is 0 Å². The summed E-state index contributed by atoms with van der Waals surface area (Å²) in [5, 5.41) is 4.27. The van der Waals surface area contributed by atoms with Gasteiger partial charge in [-0.3, -0.25) is 9.58 Å². The third-order valence-corrected chi connectivity index (χ3v) is 3.90. The fourth-order valence-electron chi connectivity index (χ4n) is 2.67. The SMILES string of the molecule is CN1CCN(Cc2cccc(Cn3cccn3)c2)CC1. The molecule has 0 spiro atoms. The molecule has 1 fully saturated rings. The minimum absolute atomic E-state index is 0.851. The van der Waals surface area contributed by atoms with E-state index in [4.69, 9.17) is 0 Å². The van der Waals surface area contributed by atoms with Gasteiger partial charge in [-0.15, -0.1) is 0 Å². The highest BCUT2D eigenvalue weighted by atomic mass is 15.3. The van der Waals surface area contributed by atoms with Crippen LogP contribution in [0.1, 0.15) is 11.1 Å². The zero-order valence-electron chi connectivity index (χ0n) is 12.1. The zero-order chi connectivity index (χ0) is 13.8. The molecular weight excluding hydrogens is 248 g/mol. The van der Waals surface area contributed by atoms with Crippen molar-refractivity contribution in [3.8, 4) is 0 Å². The minimum Gasteiger partial charge on any atom is -0.304 e. The van der Waals surface area contributed by atoms with Crippen LogP contribution in [0.5, 0.6) is 0 Å². The standard InChI is InChI=1S/C16H22N4/c1-18-8-10-19(11-9-18)13-15-4-2-5-16(12-15)14-20-7-3-6-17-20/h2-7,12H,8-11,13-14H2,1H3. The Morgan fingerprint density at radius 2 is 1.75 bits per heavy atom. The Labute approximate surface area is 120 Å². The number of nitrogens with zero attached hydrogens (tertiary/aromatic N) is 4. The number of piperazine rings is 1. The van der Waals surface area contributed by atoms with Crippen LogP contribution in [0.2, 0.25) is 0 Å². The van der Waals surface area contributed by atoms with Crippen molar-refractivity contribution in [3.63, 3.8) is 0 Å². The topological polar surface area (TPSA) is 24.3 Å². The average molecular weight is 270 g/mol. The second-order valence-electron chi connectivity index (χ2n) is 5.60. The summed E-state index contributed by atoms with van der Waals surface area (Å²) in [7, 11) is 2.20. The molecule has 0 N–H and O–H groups in total. The Hall–Kier alpha value is -1.65. The summed E-state index contributed by atoms with van der Waals surface area (Å²) in [6.07, 6.45) is 3.83. The van der Waals surface area contributed by atoms with Gasteiger partial charge < -0.3 is 4.90 Å². The molecule has 1 aliphatic heterocycles. The number of aromatic nitrogens is 2. The molecule has 20 heavy (non-hydrogen) atoms. The summed E-state index contributed by atoms with van der Waals surface area (Å²) in [5.41, 5.74) is 2.72. The number of hydrogen-bond acceptors (Lipinski definition) is 3. The van der Waals surface area contributed by atoms with E-state index < -0.39 is 0 Å². The van der Waals surface area contributed by atoms with Crippen molar-refractivity contribution in [2.24, 2.45) is 0 Å². The highest BCUT2D eigenvalue weighted by Crippen LogP contribution is 2.11. The van der Waals surface area contributed by atoms with Crippen LogP contribution in [0.15, 0.2) is 42.7 Å². The molecule has 0 amide bonds. The van der Waals surface area contributed by atoms with Gasteiger partial charge in [0, 0.05) is 45.1 Å². The molecule has 0 aliphatic carbocycles. The summed E-state index contributed by atoms with van der Waals surface area (Å²) >= 11 is 0. The second-order valence-corrected chi connectivity index (χ2v) is 5.60. The Balaban J connectivity index is 1.62. The maximum absolute atomic E-state index is 4.27. The first-order chi connectivity index (χ1) is 9.79. The maximum Gasteiger partial charge on any atom is 0.0659 e. The smallest absolute Gasteiger partial charge is 0.0659 e. The fraction of sp³-hybridized carbons (Fsp3) is 0.438. The first-order valence-corrected chi connectivity index (χ1v) is 7.26. The molecule has 3 rings (SSSR count). The molecule has 4 nitrogen and oxygen atoms in total. The predicted octanol–water partition coefficient (Wildman–Crippen LogP) is 1.68. The molecule has 0 bridgehead atoms. The highest BCUT2D eigenvalue weighted by molar-refractivity contribution is 5.23. The number of rotatable bonds is 4. The zero-order valence-corrected chi connectivity index (χ0v) is 12.1. The Morgan fingerprint density at radius 3 is 2.45 bits per heavy atom. The lowest BCUT2D eigenvalue weighted by Crippen LogP contribution is -2.43. The van der Waals surface area contributed by atoms with Gasteiger partial charge in [0.15, 0.2) is 0 Å². The van der Waals surface area contributed by atoms with Crippen molar-refractivity contribution in [2.75, 3.05) is 33.2 Å². The molecule has 0 radical (unpaired) electrons. The second kappa shape index (κ2) is 6.20. The number of benzene rings is 1. The monoisotopic (exact) mass is 270 g/mol. The summed E-state index contributed by atoms with van der Waals surface area (Å²) in [5.74, 6) is 0. The van der Waals surface area contributed by atoms with Crippen molar-refractivity contribution in [1.82, 2.24) is 19.6 Å². The molecular formula is C16H22N4. The van der Waals surface area contributed by atoms with Gasteiger partial charge in [0.1, 0.15) is 0 Å². The molecule has 0 saturated carbocycles. The molecule has 1 aliphatic rings. The molecule has 2 heterocycles. The molecule has 106 valence electrons. The van der Waals surface area contributed by atoms with Crippen molar-refractivity contribution < 1.29 is 0 Å². The number of likely N-dealkylation sites (N-methyl/N-ethyl adjacent to an activating group) is 1. The maximum atomic E-state index is 4.27. The summed E-state index contributed by atoms with van der Waals surface area (Å²) < 4.78 is 1.97. The van der Waals surface area contributed by atoms with E-state index in [9.17, 15) is 0 Å². The van der Waals surface area contributed by atoms with E-state index in [-0.39, 0.29) is 0 Å². The van der Waals surface area contributed by atoms with Crippen LogP contribution < -0.4 is 0 Å². The Morgan fingerprint density at radius 1 is 1.00 bits per heavy atom. The van der Waals surface area contributed by atoms with E-state index >= 15 is 0 Å². The van der Waals surface area contributed by atoms with Gasteiger partial charge in [-0.05, 0) is 24.2 Å². The molecule has 1 aromatic heterocycles. The first-order valence-electron chi connectivity index (χ1n) is 7.26.